The summed E-state index contributed by atoms with van der Waals surface area (Å²) in [5.41, 5.74) is 0. The molecule has 1 N–H and O–H groups in total. The Morgan fingerprint density at radius 2 is 1.82 bits per heavy atom. The zero-order chi connectivity index (χ0) is 28.8. The maximum absolute atomic E-state index is 13.0. The van der Waals surface area contributed by atoms with Crippen LogP contribution in [0.4, 0.5) is 4.79 Å². The van der Waals surface area contributed by atoms with Crippen molar-refractivity contribution < 1.29 is 41.6 Å². The van der Waals surface area contributed by atoms with Crippen molar-refractivity contribution in [2.75, 3.05) is 39.5 Å². The zero-order valence-corrected chi connectivity index (χ0v) is 25.0. The van der Waals surface area contributed by atoms with Crippen LogP contribution in [0.1, 0.15) is 52.9 Å². The molecule has 4 rings (SSSR count). The third kappa shape index (κ3) is 8.51. The average Bonchev–Trinajstić information content (AvgIpc) is 3.38. The van der Waals surface area contributed by atoms with Crippen molar-refractivity contribution in [3.05, 3.63) is 29.3 Å². The molecule has 1 aromatic carbocycles. The molecule has 0 unspecified atom stereocenters. The molecule has 0 aromatic heterocycles. The van der Waals surface area contributed by atoms with Crippen LogP contribution in [-0.4, -0.2) is 95.4 Å². The molecule has 3 fully saturated rings. The molecule has 40 heavy (non-hydrogen) atoms. The lowest BCUT2D eigenvalue weighted by Crippen LogP contribution is -2.52. The van der Waals surface area contributed by atoms with Crippen LogP contribution in [0.25, 0.3) is 0 Å². The van der Waals surface area contributed by atoms with Gasteiger partial charge in [-0.2, -0.15) is 0 Å². The number of unbranched alkanes of at least 4 members (excludes halogenated alkanes) is 4. The molecule has 1 amide bonds. The van der Waals surface area contributed by atoms with Crippen molar-refractivity contribution in [1.82, 2.24) is 9.62 Å². The highest BCUT2D eigenvalue weighted by atomic mass is 35.5. The van der Waals surface area contributed by atoms with E-state index in [2.05, 4.69) is 11.8 Å². The molecule has 0 saturated carbocycles. The predicted molar refractivity (Wildman–Crippen MR) is 146 cm³/mol. The van der Waals surface area contributed by atoms with E-state index in [1.54, 1.807) is 0 Å². The average molecular weight is 605 g/mol. The molecule has 11 nitrogen and oxygen atoms in total. The van der Waals surface area contributed by atoms with Gasteiger partial charge in [-0.15, -0.1) is 0 Å². The molecule has 0 spiro atoms. The Labute approximate surface area is 241 Å². The minimum atomic E-state index is -4.19. The van der Waals surface area contributed by atoms with Crippen LogP contribution in [0.15, 0.2) is 29.2 Å². The lowest BCUT2D eigenvalue weighted by atomic mass is 10.0. The van der Waals surface area contributed by atoms with Crippen molar-refractivity contribution in [3.8, 4) is 0 Å². The van der Waals surface area contributed by atoms with Crippen LogP contribution in [0, 0.1) is 0 Å². The fourth-order valence-electron chi connectivity index (χ4n) is 5.11. The number of nitrogens with zero attached hydrogens (tertiary/aromatic N) is 1. The van der Waals surface area contributed by atoms with Crippen molar-refractivity contribution in [2.24, 2.45) is 0 Å². The van der Waals surface area contributed by atoms with Crippen LogP contribution in [-0.2, 0) is 38.4 Å². The predicted octanol–water partition coefficient (Wildman–Crippen LogP) is 3.69. The minimum Gasteiger partial charge on any atom is -0.441 e. The number of ether oxygens (including phenoxy) is 6. The van der Waals surface area contributed by atoms with E-state index in [1.807, 2.05) is 18.6 Å². The summed E-state index contributed by atoms with van der Waals surface area (Å²) in [7, 11) is -4.19. The van der Waals surface area contributed by atoms with E-state index in [0.717, 1.165) is 25.7 Å². The maximum atomic E-state index is 13.0. The van der Waals surface area contributed by atoms with E-state index in [-0.39, 0.29) is 4.90 Å². The number of sulfonamides is 1. The monoisotopic (exact) mass is 604 g/mol. The molecule has 1 aromatic rings. The van der Waals surface area contributed by atoms with Crippen molar-refractivity contribution >= 4 is 27.7 Å². The molecule has 226 valence electrons. The van der Waals surface area contributed by atoms with Crippen molar-refractivity contribution in [2.45, 2.75) is 94.3 Å². The molecule has 0 bridgehead atoms. The smallest absolute Gasteiger partial charge is 0.421 e. The van der Waals surface area contributed by atoms with Gasteiger partial charge in [0.25, 0.3) is 10.0 Å². The SMILES string of the molecule is CCCCCCCO[C@@H]1[C@H]2OC(C)(C)O[C@H]2O[C@@H]1[C@@H](CN1CCOCC1)OC(=O)NS(=O)(=O)c1ccc(Cl)cc1. The number of fused-ring (bicyclic) bond motifs is 1. The number of benzene rings is 1. The second-order valence-electron chi connectivity index (χ2n) is 10.7. The molecule has 3 aliphatic rings. The molecule has 0 aliphatic carbocycles. The molecular weight excluding hydrogens is 564 g/mol. The topological polar surface area (TPSA) is 122 Å². The standard InChI is InChI=1S/C27H41ClN2O9S/c1-4-5-6-7-8-15-35-23-22(37-25-24(23)38-27(2,3)39-25)21(18-30-13-16-34-17-14-30)36-26(31)29-40(32,33)20-11-9-19(28)10-12-20/h9-12,21-25H,4-8,13-18H2,1-3H3,(H,29,31)/t21-,22-,23+,24-,25-/m1/s1. The van der Waals surface area contributed by atoms with Gasteiger partial charge in [-0.25, -0.2) is 17.9 Å². The first-order chi connectivity index (χ1) is 19.1. The Hall–Kier alpha value is -1.51. The highest BCUT2D eigenvalue weighted by molar-refractivity contribution is 7.90. The lowest BCUT2D eigenvalue weighted by molar-refractivity contribution is -0.230. The van der Waals surface area contributed by atoms with Crippen LogP contribution in [0.3, 0.4) is 0 Å². The van der Waals surface area contributed by atoms with Gasteiger partial charge in [0.05, 0.1) is 18.1 Å². The number of morpholine rings is 1. The van der Waals surface area contributed by atoms with Gasteiger partial charge < -0.3 is 28.4 Å². The fraction of sp³-hybridized carbons (Fsp3) is 0.741. The van der Waals surface area contributed by atoms with Gasteiger partial charge in [-0.3, -0.25) is 4.90 Å². The Morgan fingerprint density at radius 1 is 1.12 bits per heavy atom. The van der Waals surface area contributed by atoms with Gasteiger partial charge in [0.1, 0.15) is 24.4 Å². The number of nitrogens with one attached hydrogen (secondary N) is 1. The molecule has 3 aliphatic heterocycles. The van der Waals surface area contributed by atoms with E-state index >= 15 is 0 Å². The third-order valence-electron chi connectivity index (χ3n) is 7.09. The highest BCUT2D eigenvalue weighted by Gasteiger charge is 2.58. The van der Waals surface area contributed by atoms with Gasteiger partial charge in [0, 0.05) is 31.3 Å². The summed E-state index contributed by atoms with van der Waals surface area (Å²) < 4.78 is 63.5. The fourth-order valence-corrected chi connectivity index (χ4v) is 6.11. The highest BCUT2D eigenvalue weighted by Crippen LogP contribution is 2.40. The summed E-state index contributed by atoms with van der Waals surface area (Å²) >= 11 is 5.87. The maximum Gasteiger partial charge on any atom is 0.421 e. The number of carbonyl (C=O) groups is 1. The van der Waals surface area contributed by atoms with Crippen LogP contribution < -0.4 is 4.72 Å². The van der Waals surface area contributed by atoms with Gasteiger partial charge >= 0.3 is 6.09 Å². The first-order valence-corrected chi connectivity index (χ1v) is 15.9. The number of hydrogen-bond donors (Lipinski definition) is 1. The molecule has 0 radical (unpaired) electrons. The molecule has 13 heteroatoms. The largest absolute Gasteiger partial charge is 0.441 e. The Balaban J connectivity index is 1.49. The molecule has 5 atom stereocenters. The first kappa shape index (κ1) is 31.4. The minimum absolute atomic E-state index is 0.112. The summed E-state index contributed by atoms with van der Waals surface area (Å²) in [6.07, 6.45) is 0.843. The summed E-state index contributed by atoms with van der Waals surface area (Å²) in [5, 5.41) is 0.375. The second kappa shape index (κ2) is 14.1. The summed E-state index contributed by atoms with van der Waals surface area (Å²) in [6, 6.07) is 5.48. The lowest BCUT2D eigenvalue weighted by Gasteiger charge is -2.35. The second-order valence-corrected chi connectivity index (χ2v) is 12.9. The van der Waals surface area contributed by atoms with Crippen molar-refractivity contribution in [1.29, 1.82) is 0 Å². The van der Waals surface area contributed by atoms with Crippen LogP contribution in [0.2, 0.25) is 5.02 Å². The Morgan fingerprint density at radius 3 is 2.52 bits per heavy atom. The normalized spacial score (nSPS) is 27.3. The Bertz CT molecular complexity index is 1070. The summed E-state index contributed by atoms with van der Waals surface area (Å²) in [4.78, 5) is 15.0. The number of hydrogen-bond acceptors (Lipinski definition) is 10. The summed E-state index contributed by atoms with van der Waals surface area (Å²) in [6.45, 7) is 8.91. The first-order valence-electron chi connectivity index (χ1n) is 14.0. The van der Waals surface area contributed by atoms with E-state index in [0.29, 0.717) is 44.5 Å². The van der Waals surface area contributed by atoms with Crippen LogP contribution >= 0.6 is 11.6 Å². The Kier molecular flexibility index (Phi) is 11.1. The zero-order valence-electron chi connectivity index (χ0n) is 23.4. The number of amides is 1. The number of rotatable bonds is 13. The van der Waals surface area contributed by atoms with Gasteiger partial charge in [0.2, 0.25) is 0 Å². The van der Waals surface area contributed by atoms with Gasteiger partial charge in [0.15, 0.2) is 12.1 Å². The molecule has 3 heterocycles. The van der Waals surface area contributed by atoms with Crippen molar-refractivity contribution in [3.63, 3.8) is 0 Å². The van der Waals surface area contributed by atoms with Gasteiger partial charge in [-0.1, -0.05) is 44.2 Å². The molecule has 3 saturated heterocycles. The van der Waals surface area contributed by atoms with Gasteiger partial charge in [-0.05, 0) is 44.5 Å². The number of carbonyl (C=O) groups excluding carboxylic acids is 1. The molecular formula is C27H41ClN2O9S. The van der Waals surface area contributed by atoms with E-state index < -0.39 is 52.6 Å². The van der Waals surface area contributed by atoms with E-state index in [4.69, 9.17) is 40.0 Å². The van der Waals surface area contributed by atoms with E-state index in [9.17, 15) is 13.2 Å². The van der Waals surface area contributed by atoms with Crippen LogP contribution in [0.5, 0.6) is 0 Å². The quantitative estimate of drug-likeness (QED) is 0.334. The summed E-state index contributed by atoms with van der Waals surface area (Å²) in [5.74, 6) is -0.854. The third-order valence-corrected chi connectivity index (χ3v) is 8.67. The van der Waals surface area contributed by atoms with E-state index in [1.165, 1.54) is 30.7 Å². The number of halogens is 1.